The van der Waals surface area contributed by atoms with Crippen molar-refractivity contribution in [1.29, 1.82) is 0 Å². The normalized spacial score (nSPS) is 10.5. The Hall–Kier alpha value is -0.700. The zero-order valence-corrected chi connectivity index (χ0v) is 16.2. The largest absolute Gasteiger partial charge is 0.465 e. The van der Waals surface area contributed by atoms with Gasteiger partial charge in [0.2, 0.25) is 0 Å². The molecule has 2 aromatic heterocycles. The number of esters is 1. The highest BCUT2D eigenvalue weighted by Gasteiger charge is 2.22. The molecule has 0 aliphatic heterocycles. The van der Waals surface area contributed by atoms with Gasteiger partial charge in [-0.3, -0.25) is 4.79 Å². The van der Waals surface area contributed by atoms with Crippen LogP contribution < -0.4 is 5.32 Å². The molecule has 0 atom stereocenters. The molecule has 0 spiro atoms. The van der Waals surface area contributed by atoms with Crippen molar-refractivity contribution in [3.05, 3.63) is 35.2 Å². The minimum absolute atomic E-state index is 0.252. The van der Waals surface area contributed by atoms with Crippen molar-refractivity contribution < 1.29 is 14.3 Å². The maximum absolute atomic E-state index is 12.3. The van der Waals surface area contributed by atoms with E-state index in [0.29, 0.717) is 15.4 Å². The summed E-state index contributed by atoms with van der Waals surface area (Å²) in [4.78, 5) is 25.7. The van der Waals surface area contributed by atoms with Gasteiger partial charge in [-0.25, -0.2) is 4.79 Å². The minimum Gasteiger partial charge on any atom is -0.465 e. The Kier molecular flexibility index (Phi) is 5.24. The Morgan fingerprint density at radius 1 is 1.24 bits per heavy atom. The number of rotatable bonds is 3. The molecule has 112 valence electrons. The lowest BCUT2D eigenvalue weighted by molar-refractivity contribution is 0.0601. The minimum atomic E-state index is -0.444. The number of halogens is 2. The lowest BCUT2D eigenvalue weighted by atomic mass is 10.1. The molecule has 8 heteroatoms. The number of methoxy groups -OCH3 is 1. The van der Waals surface area contributed by atoms with Crippen molar-refractivity contribution in [3.8, 4) is 0 Å². The third-order valence-corrected chi connectivity index (χ3v) is 7.25. The average molecular weight is 453 g/mol. The van der Waals surface area contributed by atoms with E-state index in [9.17, 15) is 9.59 Å². The van der Waals surface area contributed by atoms with E-state index in [0.717, 1.165) is 18.7 Å². The predicted octanol–water partition coefficient (Wildman–Crippen LogP) is 4.99. The van der Waals surface area contributed by atoms with Gasteiger partial charge in [0.15, 0.2) is 0 Å². The van der Waals surface area contributed by atoms with Gasteiger partial charge in [-0.05, 0) is 57.3 Å². The van der Waals surface area contributed by atoms with Gasteiger partial charge in [0, 0.05) is 9.35 Å². The van der Waals surface area contributed by atoms with Crippen LogP contribution in [0.15, 0.2) is 14.3 Å². The fourth-order valence-electron chi connectivity index (χ4n) is 1.69. The van der Waals surface area contributed by atoms with Crippen molar-refractivity contribution in [3.63, 3.8) is 0 Å². The maximum atomic E-state index is 12.3. The van der Waals surface area contributed by atoms with Crippen molar-refractivity contribution >= 4 is 71.4 Å². The van der Waals surface area contributed by atoms with E-state index in [-0.39, 0.29) is 5.91 Å². The second-order valence-corrected chi connectivity index (χ2v) is 8.61. The van der Waals surface area contributed by atoms with E-state index in [1.54, 1.807) is 6.07 Å². The molecule has 0 aromatic carbocycles. The second kappa shape index (κ2) is 6.60. The zero-order valence-electron chi connectivity index (χ0n) is 11.4. The summed E-state index contributed by atoms with van der Waals surface area (Å²) in [6.45, 7) is 3.74. The first kappa shape index (κ1) is 16.7. The lowest BCUT2D eigenvalue weighted by Gasteiger charge is -2.04. The first-order valence-corrected chi connectivity index (χ1v) is 9.01. The standard InChI is InChI=1S/C13H11Br2NO3S2/c1-5-6(2)20-12(9(5)13(18)19-3)16-11(17)8-4-7(14)10(15)21-8/h4H,1-3H3,(H,16,17). The van der Waals surface area contributed by atoms with Crippen molar-refractivity contribution in [1.82, 2.24) is 0 Å². The fraction of sp³-hybridized carbons (Fsp3) is 0.231. The van der Waals surface area contributed by atoms with Crippen LogP contribution in [0.25, 0.3) is 0 Å². The van der Waals surface area contributed by atoms with Gasteiger partial charge >= 0.3 is 5.97 Å². The quantitative estimate of drug-likeness (QED) is 0.667. The number of nitrogens with one attached hydrogen (secondary N) is 1. The van der Waals surface area contributed by atoms with Crippen LogP contribution in [0.3, 0.4) is 0 Å². The van der Waals surface area contributed by atoms with Gasteiger partial charge in [0.25, 0.3) is 5.91 Å². The number of aryl methyl sites for hydroxylation is 1. The molecular formula is C13H11Br2NO3S2. The van der Waals surface area contributed by atoms with E-state index in [1.165, 1.54) is 29.8 Å². The molecule has 0 aliphatic carbocycles. The summed E-state index contributed by atoms with van der Waals surface area (Å²) in [6, 6.07) is 1.73. The van der Waals surface area contributed by atoms with Crippen LogP contribution in [0, 0.1) is 13.8 Å². The molecule has 0 unspecified atom stereocenters. The Balaban J connectivity index is 2.33. The topological polar surface area (TPSA) is 55.4 Å². The number of anilines is 1. The highest BCUT2D eigenvalue weighted by molar-refractivity contribution is 9.13. The summed E-state index contributed by atoms with van der Waals surface area (Å²) < 4.78 is 6.46. The van der Waals surface area contributed by atoms with Crippen LogP contribution in [0.2, 0.25) is 0 Å². The predicted molar refractivity (Wildman–Crippen MR) is 92.8 cm³/mol. The first-order chi connectivity index (χ1) is 9.85. The van der Waals surface area contributed by atoms with Crippen molar-refractivity contribution in [2.24, 2.45) is 0 Å². The van der Waals surface area contributed by atoms with Gasteiger partial charge in [-0.15, -0.1) is 22.7 Å². The van der Waals surface area contributed by atoms with Crippen LogP contribution in [0.5, 0.6) is 0 Å². The van der Waals surface area contributed by atoms with Crippen LogP contribution in [-0.2, 0) is 4.74 Å². The maximum Gasteiger partial charge on any atom is 0.341 e. The Morgan fingerprint density at radius 3 is 2.43 bits per heavy atom. The Labute approximate surface area is 146 Å². The van der Waals surface area contributed by atoms with E-state index in [1.807, 2.05) is 13.8 Å². The van der Waals surface area contributed by atoms with Crippen LogP contribution >= 0.6 is 54.5 Å². The highest BCUT2D eigenvalue weighted by atomic mass is 79.9. The van der Waals surface area contributed by atoms with Gasteiger partial charge in [0.1, 0.15) is 5.00 Å². The molecular weight excluding hydrogens is 442 g/mol. The molecule has 1 N–H and O–H groups in total. The van der Waals surface area contributed by atoms with Crippen LogP contribution in [0.1, 0.15) is 30.5 Å². The summed E-state index contributed by atoms with van der Waals surface area (Å²) >= 11 is 9.39. The summed E-state index contributed by atoms with van der Waals surface area (Å²) in [7, 11) is 1.33. The monoisotopic (exact) mass is 451 g/mol. The lowest BCUT2D eigenvalue weighted by Crippen LogP contribution is -2.13. The third-order valence-electron chi connectivity index (χ3n) is 2.87. The van der Waals surface area contributed by atoms with Crippen molar-refractivity contribution in [2.75, 3.05) is 12.4 Å². The molecule has 2 rings (SSSR count). The fourth-order valence-corrected chi connectivity index (χ4v) is 4.66. The van der Waals surface area contributed by atoms with E-state index in [4.69, 9.17) is 4.74 Å². The number of carbonyl (C=O) groups is 2. The number of hydrogen-bond acceptors (Lipinski definition) is 5. The van der Waals surface area contributed by atoms with E-state index >= 15 is 0 Å². The molecule has 0 radical (unpaired) electrons. The molecule has 0 aliphatic rings. The van der Waals surface area contributed by atoms with Gasteiger partial charge in [-0.2, -0.15) is 0 Å². The SMILES string of the molecule is COC(=O)c1c(NC(=O)c2cc(Br)c(Br)s2)sc(C)c1C. The number of carbonyl (C=O) groups excluding carboxylic acids is 2. The summed E-state index contributed by atoms with van der Waals surface area (Å²) in [6.07, 6.45) is 0. The molecule has 0 saturated carbocycles. The highest BCUT2D eigenvalue weighted by Crippen LogP contribution is 2.35. The molecule has 21 heavy (non-hydrogen) atoms. The molecule has 1 amide bonds. The number of thiophene rings is 2. The zero-order chi connectivity index (χ0) is 15.7. The Morgan fingerprint density at radius 2 is 1.90 bits per heavy atom. The molecule has 0 fully saturated rings. The number of ether oxygens (including phenoxy) is 1. The van der Waals surface area contributed by atoms with Crippen LogP contribution in [-0.4, -0.2) is 19.0 Å². The molecule has 4 nitrogen and oxygen atoms in total. The number of hydrogen-bond donors (Lipinski definition) is 1. The summed E-state index contributed by atoms with van der Waals surface area (Å²) in [5.74, 6) is -0.696. The molecule has 2 heterocycles. The van der Waals surface area contributed by atoms with Gasteiger partial charge in [-0.1, -0.05) is 0 Å². The molecule has 0 bridgehead atoms. The third kappa shape index (κ3) is 3.39. The number of amides is 1. The molecule has 2 aromatic rings. The van der Waals surface area contributed by atoms with Gasteiger partial charge in [0.05, 0.1) is 21.3 Å². The average Bonchev–Trinajstić information content (AvgIpc) is 2.91. The van der Waals surface area contributed by atoms with Crippen molar-refractivity contribution in [2.45, 2.75) is 13.8 Å². The second-order valence-electron chi connectivity index (χ2n) is 4.17. The van der Waals surface area contributed by atoms with Gasteiger partial charge < -0.3 is 10.1 Å². The van der Waals surface area contributed by atoms with Crippen LogP contribution in [0.4, 0.5) is 5.00 Å². The summed E-state index contributed by atoms with van der Waals surface area (Å²) in [5, 5.41) is 3.31. The summed E-state index contributed by atoms with van der Waals surface area (Å²) in [5.41, 5.74) is 1.25. The Bertz CT molecular complexity index is 702. The first-order valence-electron chi connectivity index (χ1n) is 5.79. The van der Waals surface area contributed by atoms with E-state index in [2.05, 4.69) is 37.2 Å². The van der Waals surface area contributed by atoms with E-state index < -0.39 is 5.97 Å². The smallest absolute Gasteiger partial charge is 0.341 e. The molecule has 0 saturated heterocycles.